The molecule has 0 atom stereocenters. The highest BCUT2D eigenvalue weighted by Gasteiger charge is 2.32. The van der Waals surface area contributed by atoms with Crippen LogP contribution >= 0.6 is 0 Å². The first-order valence-electron chi connectivity index (χ1n) is 11.9. The van der Waals surface area contributed by atoms with Crippen LogP contribution in [0.1, 0.15) is 38.3 Å². The quantitative estimate of drug-likeness (QED) is 0.325. The van der Waals surface area contributed by atoms with Gasteiger partial charge in [-0.2, -0.15) is 13.2 Å². The Morgan fingerprint density at radius 1 is 0.946 bits per heavy atom. The molecule has 2 aromatic heterocycles. The van der Waals surface area contributed by atoms with Crippen LogP contribution in [0.15, 0.2) is 79.1 Å². The Hall–Kier alpha value is -4.20. The van der Waals surface area contributed by atoms with Gasteiger partial charge in [0.15, 0.2) is 0 Å². The van der Waals surface area contributed by atoms with Crippen LogP contribution in [0.25, 0.3) is 11.3 Å². The molecule has 37 heavy (non-hydrogen) atoms. The molecule has 1 N–H and O–H groups in total. The topological polar surface area (TPSA) is 66.3 Å². The number of pyridine rings is 2. The number of nitrogens with zero attached hydrogens (tertiary/aromatic N) is 3. The minimum Gasteiger partial charge on any atom is -0.478 e. The predicted octanol–water partition coefficient (Wildman–Crippen LogP) is 6.21. The number of halogens is 3. The fourth-order valence-electron chi connectivity index (χ4n) is 4.58. The molecule has 0 unspecified atom stereocenters. The van der Waals surface area contributed by atoms with Crippen molar-refractivity contribution in [3.8, 4) is 11.3 Å². The molecule has 2 aromatic carbocycles. The van der Waals surface area contributed by atoms with Gasteiger partial charge in [0.25, 0.3) is 0 Å². The number of carbonyl (C=O) groups is 1. The largest absolute Gasteiger partial charge is 0.478 e. The molecule has 188 valence electrons. The molecule has 8 heteroatoms. The molecule has 0 saturated carbocycles. The molecule has 3 heterocycles. The van der Waals surface area contributed by atoms with E-state index >= 15 is 0 Å². The summed E-state index contributed by atoms with van der Waals surface area (Å²) in [5.41, 5.74) is 5.63. The van der Waals surface area contributed by atoms with Crippen LogP contribution in [0.3, 0.4) is 0 Å². The van der Waals surface area contributed by atoms with Gasteiger partial charge in [0.05, 0.1) is 16.8 Å². The average Bonchev–Trinajstić information content (AvgIpc) is 3.30. The summed E-state index contributed by atoms with van der Waals surface area (Å²) in [7, 11) is 0. The highest BCUT2D eigenvalue weighted by Crippen LogP contribution is 2.36. The first-order chi connectivity index (χ1) is 17.8. The molecule has 1 aliphatic heterocycles. The van der Waals surface area contributed by atoms with Gasteiger partial charge in [0.1, 0.15) is 0 Å². The van der Waals surface area contributed by atoms with Crippen LogP contribution in [-0.2, 0) is 32.0 Å². The third-order valence-corrected chi connectivity index (χ3v) is 6.55. The van der Waals surface area contributed by atoms with E-state index in [4.69, 9.17) is 10.1 Å². The van der Waals surface area contributed by atoms with Crippen LogP contribution in [0.2, 0.25) is 0 Å². The summed E-state index contributed by atoms with van der Waals surface area (Å²) in [6, 6.07) is 19.3. The van der Waals surface area contributed by atoms with Crippen LogP contribution in [0.4, 0.5) is 18.9 Å². The van der Waals surface area contributed by atoms with Gasteiger partial charge in [-0.3, -0.25) is 9.97 Å². The Labute approximate surface area is 212 Å². The van der Waals surface area contributed by atoms with Gasteiger partial charge in [-0.1, -0.05) is 36.4 Å². The maximum atomic E-state index is 13.2. The van der Waals surface area contributed by atoms with E-state index in [0.29, 0.717) is 31.6 Å². The minimum atomic E-state index is -4.36. The Morgan fingerprint density at radius 3 is 2.51 bits per heavy atom. The second-order valence-electron chi connectivity index (χ2n) is 9.11. The van der Waals surface area contributed by atoms with Crippen molar-refractivity contribution in [1.82, 2.24) is 9.97 Å². The van der Waals surface area contributed by atoms with Crippen molar-refractivity contribution >= 4 is 11.7 Å². The predicted molar refractivity (Wildman–Crippen MR) is 134 cm³/mol. The number of carboxylic acid groups (broad SMARTS) is 1. The van der Waals surface area contributed by atoms with Crippen LogP contribution < -0.4 is 4.90 Å². The van der Waals surface area contributed by atoms with Crippen molar-refractivity contribution in [3.63, 3.8) is 0 Å². The molecule has 5 rings (SSSR count). The van der Waals surface area contributed by atoms with Gasteiger partial charge < -0.3 is 10.0 Å². The molecule has 0 amide bonds. The molecule has 0 bridgehead atoms. The molecule has 1 aliphatic rings. The number of benzene rings is 2. The van der Waals surface area contributed by atoms with Crippen molar-refractivity contribution in [2.45, 2.75) is 32.0 Å². The first-order valence-corrected chi connectivity index (χ1v) is 11.9. The smallest absolute Gasteiger partial charge is 0.416 e. The van der Waals surface area contributed by atoms with E-state index in [1.54, 1.807) is 18.3 Å². The zero-order chi connectivity index (χ0) is 26.0. The molecule has 0 saturated heterocycles. The van der Waals surface area contributed by atoms with Crippen molar-refractivity contribution in [3.05, 3.63) is 113 Å². The summed E-state index contributed by atoms with van der Waals surface area (Å²) >= 11 is 0. The van der Waals surface area contributed by atoms with Gasteiger partial charge >= 0.3 is 12.1 Å². The molecular weight excluding hydrogens is 479 g/mol. The second kappa shape index (κ2) is 10.0. The number of fused-ring (bicyclic) bond motifs is 1. The van der Waals surface area contributed by atoms with Gasteiger partial charge in [-0.25, -0.2) is 4.79 Å². The Kier molecular flexibility index (Phi) is 6.65. The van der Waals surface area contributed by atoms with Gasteiger partial charge in [-0.05, 0) is 66.3 Å². The highest BCUT2D eigenvalue weighted by atomic mass is 19.4. The summed E-state index contributed by atoms with van der Waals surface area (Å²) in [6.45, 7) is 1.22. The zero-order valence-corrected chi connectivity index (χ0v) is 19.9. The van der Waals surface area contributed by atoms with E-state index < -0.39 is 17.7 Å². The lowest BCUT2D eigenvalue weighted by atomic mass is 10.1. The summed E-state index contributed by atoms with van der Waals surface area (Å²) < 4.78 is 39.5. The Bertz CT molecular complexity index is 1440. The first kappa shape index (κ1) is 24.5. The lowest BCUT2D eigenvalue weighted by Crippen LogP contribution is -2.20. The average molecular weight is 504 g/mol. The number of hydrogen-bond acceptors (Lipinski definition) is 4. The SMILES string of the molecule is O=C(O)c1cncc(CCc2cccc(-c3ccc(CN4CCc5ccc(C(F)(F)F)cc54)cc3)n2)c1. The normalized spacial score (nSPS) is 13.0. The van der Waals surface area contributed by atoms with Gasteiger partial charge in [-0.15, -0.1) is 0 Å². The molecule has 0 aliphatic carbocycles. The zero-order valence-electron chi connectivity index (χ0n) is 19.9. The molecule has 0 radical (unpaired) electrons. The minimum absolute atomic E-state index is 0.164. The number of anilines is 1. The van der Waals surface area contributed by atoms with Crippen LogP contribution in [0.5, 0.6) is 0 Å². The van der Waals surface area contributed by atoms with Gasteiger partial charge in [0, 0.05) is 42.4 Å². The Balaban J connectivity index is 1.26. The van der Waals surface area contributed by atoms with Crippen molar-refractivity contribution in [2.24, 2.45) is 0 Å². The Morgan fingerprint density at radius 2 is 1.76 bits per heavy atom. The fraction of sp³-hybridized carbons (Fsp3) is 0.207. The number of hydrogen-bond donors (Lipinski definition) is 1. The highest BCUT2D eigenvalue weighted by molar-refractivity contribution is 5.87. The van der Waals surface area contributed by atoms with Crippen LogP contribution in [-0.4, -0.2) is 27.6 Å². The summed E-state index contributed by atoms with van der Waals surface area (Å²) in [4.78, 5) is 21.9. The van der Waals surface area contributed by atoms with E-state index in [9.17, 15) is 18.0 Å². The molecule has 4 aromatic rings. The number of aromatic carboxylic acids is 1. The van der Waals surface area contributed by atoms with E-state index in [-0.39, 0.29) is 5.56 Å². The van der Waals surface area contributed by atoms with E-state index in [1.165, 1.54) is 12.3 Å². The van der Waals surface area contributed by atoms with E-state index in [0.717, 1.165) is 46.1 Å². The maximum absolute atomic E-state index is 13.2. The summed E-state index contributed by atoms with van der Waals surface area (Å²) in [6.07, 6.45) is 0.640. The fourth-order valence-corrected chi connectivity index (χ4v) is 4.58. The molecule has 0 fully saturated rings. The number of carboxylic acids is 1. The number of alkyl halides is 3. The number of aryl methyl sites for hydroxylation is 2. The third-order valence-electron chi connectivity index (χ3n) is 6.55. The summed E-state index contributed by atoms with van der Waals surface area (Å²) in [5, 5.41) is 9.14. The molecule has 0 spiro atoms. The summed E-state index contributed by atoms with van der Waals surface area (Å²) in [5.74, 6) is -1.00. The monoisotopic (exact) mass is 503 g/mol. The number of aromatic nitrogens is 2. The van der Waals surface area contributed by atoms with Crippen molar-refractivity contribution < 1.29 is 23.1 Å². The van der Waals surface area contributed by atoms with Crippen molar-refractivity contribution in [1.29, 1.82) is 0 Å². The molecule has 5 nitrogen and oxygen atoms in total. The number of rotatable bonds is 7. The lowest BCUT2D eigenvalue weighted by Gasteiger charge is -2.21. The van der Waals surface area contributed by atoms with Crippen molar-refractivity contribution in [2.75, 3.05) is 11.4 Å². The van der Waals surface area contributed by atoms with Gasteiger partial charge in [0.2, 0.25) is 0 Å². The third kappa shape index (κ3) is 5.63. The van der Waals surface area contributed by atoms with Crippen LogP contribution in [0, 0.1) is 0 Å². The standard InChI is InChI=1S/C29H24F3N3O2/c30-29(31,32)24-10-9-22-12-13-35(27(22)15-24)18-19-4-7-21(8-5-19)26-3-1-2-25(34-26)11-6-20-14-23(28(36)37)17-33-16-20/h1-5,7-10,14-17H,6,11-13,18H2,(H,36,37). The maximum Gasteiger partial charge on any atom is 0.416 e. The lowest BCUT2D eigenvalue weighted by molar-refractivity contribution is -0.137. The molecular formula is C29H24F3N3O2. The second-order valence-corrected chi connectivity index (χ2v) is 9.11. The van der Waals surface area contributed by atoms with E-state index in [1.807, 2.05) is 47.4 Å². The van der Waals surface area contributed by atoms with E-state index in [2.05, 4.69) is 4.98 Å².